The van der Waals surface area contributed by atoms with Crippen molar-refractivity contribution in [2.75, 3.05) is 13.7 Å². The Morgan fingerprint density at radius 1 is 1.08 bits per heavy atom. The maximum Gasteiger partial charge on any atom is 0.252 e. The van der Waals surface area contributed by atoms with Gasteiger partial charge >= 0.3 is 0 Å². The number of nitrogens with zero attached hydrogens (tertiary/aromatic N) is 3. The van der Waals surface area contributed by atoms with Gasteiger partial charge in [0.1, 0.15) is 24.4 Å². The van der Waals surface area contributed by atoms with Crippen molar-refractivity contribution < 1.29 is 23.9 Å². The van der Waals surface area contributed by atoms with Crippen LogP contribution in [0.1, 0.15) is 35.5 Å². The van der Waals surface area contributed by atoms with Crippen molar-refractivity contribution in [2.45, 2.75) is 45.4 Å². The van der Waals surface area contributed by atoms with Crippen LogP contribution in [-0.4, -0.2) is 58.5 Å². The van der Waals surface area contributed by atoms with Crippen LogP contribution in [0.25, 0.3) is 0 Å². The van der Waals surface area contributed by atoms with Crippen molar-refractivity contribution in [3.8, 4) is 11.5 Å². The van der Waals surface area contributed by atoms with Crippen molar-refractivity contribution in [3.05, 3.63) is 71.5 Å². The second-order valence-electron chi connectivity index (χ2n) is 9.35. The lowest BCUT2D eigenvalue weighted by Gasteiger charge is -2.25. The molecule has 3 amide bonds. The first-order chi connectivity index (χ1) is 18.3. The number of benzene rings is 2. The SMILES string of the molecule is COc1cc2ccc1OCCn1cc(nn1)CNC(=O)[C@H](Cc1ccccc1)NC(=O)[C@@H](C(C)C)NC2=O. The second kappa shape index (κ2) is 12.2. The Morgan fingerprint density at radius 3 is 2.61 bits per heavy atom. The average Bonchev–Trinajstić information content (AvgIpc) is 3.37. The summed E-state index contributed by atoms with van der Waals surface area (Å²) in [6, 6.07) is 12.5. The number of ether oxygens (including phenoxy) is 2. The van der Waals surface area contributed by atoms with Gasteiger partial charge in [0.2, 0.25) is 11.8 Å². The fourth-order valence-corrected chi connectivity index (χ4v) is 4.09. The van der Waals surface area contributed by atoms with Crippen molar-refractivity contribution in [1.82, 2.24) is 30.9 Å². The van der Waals surface area contributed by atoms with Gasteiger partial charge in [-0.15, -0.1) is 5.10 Å². The predicted octanol–water partition coefficient (Wildman–Crippen LogP) is 1.48. The normalized spacial score (nSPS) is 18.9. The molecule has 0 saturated heterocycles. The number of nitrogens with one attached hydrogen (secondary N) is 3. The highest BCUT2D eigenvalue weighted by atomic mass is 16.5. The molecule has 1 aromatic heterocycles. The van der Waals surface area contributed by atoms with Gasteiger partial charge in [0.15, 0.2) is 11.5 Å². The molecule has 5 rings (SSSR count). The average molecular weight is 521 g/mol. The number of amides is 3. The van der Waals surface area contributed by atoms with Gasteiger partial charge in [-0.05, 0) is 29.7 Å². The molecule has 3 N–H and O–H groups in total. The summed E-state index contributed by atoms with van der Waals surface area (Å²) in [5, 5.41) is 16.7. The number of rotatable bonds is 4. The summed E-state index contributed by atoms with van der Waals surface area (Å²) < 4.78 is 12.9. The molecule has 0 saturated carbocycles. The fourth-order valence-electron chi connectivity index (χ4n) is 4.09. The van der Waals surface area contributed by atoms with Crippen LogP contribution in [0, 0.1) is 5.92 Å². The van der Waals surface area contributed by atoms with Crippen LogP contribution in [-0.2, 0) is 29.1 Å². The zero-order chi connectivity index (χ0) is 27.1. The maximum atomic E-state index is 13.4. The van der Waals surface area contributed by atoms with Crippen LogP contribution in [0.3, 0.4) is 0 Å². The van der Waals surface area contributed by atoms with E-state index in [1.807, 2.05) is 44.2 Å². The van der Waals surface area contributed by atoms with Crippen LogP contribution < -0.4 is 25.4 Å². The molecule has 38 heavy (non-hydrogen) atoms. The van der Waals surface area contributed by atoms with E-state index in [0.29, 0.717) is 29.3 Å². The first kappa shape index (κ1) is 26.6. The van der Waals surface area contributed by atoms with Crippen molar-refractivity contribution in [3.63, 3.8) is 0 Å². The molecule has 200 valence electrons. The van der Waals surface area contributed by atoms with Crippen molar-refractivity contribution >= 4 is 17.7 Å². The van der Waals surface area contributed by atoms with E-state index >= 15 is 0 Å². The van der Waals surface area contributed by atoms with E-state index in [-0.39, 0.29) is 31.4 Å². The molecule has 4 bridgehead atoms. The first-order valence-electron chi connectivity index (χ1n) is 12.5. The summed E-state index contributed by atoms with van der Waals surface area (Å²) in [5.41, 5.74) is 1.76. The highest BCUT2D eigenvalue weighted by Gasteiger charge is 2.29. The number of carbonyl (C=O) groups is 3. The van der Waals surface area contributed by atoms with Crippen LogP contribution >= 0.6 is 0 Å². The van der Waals surface area contributed by atoms with Crippen molar-refractivity contribution in [1.29, 1.82) is 0 Å². The fraction of sp³-hybridized carbons (Fsp3) is 0.370. The molecule has 0 radical (unpaired) electrons. The zero-order valence-corrected chi connectivity index (χ0v) is 21.6. The van der Waals surface area contributed by atoms with Gasteiger partial charge in [0, 0.05) is 12.0 Å². The molecular weight excluding hydrogens is 488 g/mol. The number of hydrogen-bond acceptors (Lipinski definition) is 7. The Hall–Kier alpha value is -4.41. The number of hydrogen-bond donors (Lipinski definition) is 3. The highest BCUT2D eigenvalue weighted by Crippen LogP contribution is 2.28. The van der Waals surface area contributed by atoms with Gasteiger partial charge in [-0.1, -0.05) is 49.4 Å². The Balaban J connectivity index is 1.64. The number of carbonyl (C=O) groups excluding carboxylic acids is 3. The van der Waals surface area contributed by atoms with Gasteiger partial charge in [-0.3, -0.25) is 14.4 Å². The molecule has 3 aromatic rings. The monoisotopic (exact) mass is 520 g/mol. The third kappa shape index (κ3) is 6.67. The smallest absolute Gasteiger partial charge is 0.252 e. The molecule has 3 heterocycles. The van der Waals surface area contributed by atoms with Crippen LogP contribution in [0.4, 0.5) is 0 Å². The standard InChI is InChI=1S/C27H32N6O5/c1-17(2)24-27(36)29-21(13-18-7-5-4-6-8-18)26(35)28-15-20-16-33(32-31-20)11-12-38-22-10-9-19(25(34)30-24)14-23(22)37-3/h4-10,14,16-17,21,24H,11-13,15H2,1-3H3,(H,28,35)(H,29,36)(H,30,34)/t21-,24+/m0/s1. The van der Waals surface area contributed by atoms with Crippen LogP contribution in [0.2, 0.25) is 0 Å². The molecule has 0 unspecified atom stereocenters. The van der Waals surface area contributed by atoms with Crippen LogP contribution in [0.5, 0.6) is 11.5 Å². The summed E-state index contributed by atoms with van der Waals surface area (Å²) in [6.45, 7) is 4.49. The highest BCUT2D eigenvalue weighted by molar-refractivity contribution is 5.99. The quantitative estimate of drug-likeness (QED) is 0.443. The number of aromatic nitrogens is 3. The first-order valence-corrected chi connectivity index (χ1v) is 12.5. The molecule has 0 fully saturated rings. The number of methoxy groups -OCH3 is 1. The minimum atomic E-state index is -0.877. The third-order valence-electron chi connectivity index (χ3n) is 6.18. The lowest BCUT2D eigenvalue weighted by molar-refractivity contribution is -0.130. The molecule has 2 atom stereocenters. The summed E-state index contributed by atoms with van der Waals surface area (Å²) in [7, 11) is 1.49. The van der Waals surface area contributed by atoms with Gasteiger partial charge in [0.25, 0.3) is 5.91 Å². The van der Waals surface area contributed by atoms with E-state index < -0.39 is 23.9 Å². The Bertz CT molecular complexity index is 1280. The van der Waals surface area contributed by atoms with Crippen LogP contribution in [0.15, 0.2) is 54.7 Å². The Kier molecular flexibility index (Phi) is 8.57. The molecule has 0 spiro atoms. The van der Waals surface area contributed by atoms with E-state index in [1.54, 1.807) is 29.1 Å². The van der Waals surface area contributed by atoms with Gasteiger partial charge in [-0.25, -0.2) is 4.68 Å². The maximum absolute atomic E-state index is 13.4. The lowest BCUT2D eigenvalue weighted by Crippen LogP contribution is -2.56. The topological polar surface area (TPSA) is 136 Å². The van der Waals surface area contributed by atoms with E-state index in [0.717, 1.165) is 5.56 Å². The largest absolute Gasteiger partial charge is 0.493 e. The molecule has 2 aliphatic rings. The van der Waals surface area contributed by atoms with Gasteiger partial charge in [-0.2, -0.15) is 0 Å². The minimum Gasteiger partial charge on any atom is -0.493 e. The summed E-state index contributed by atoms with van der Waals surface area (Å²) in [5.74, 6) is -0.657. The lowest BCUT2D eigenvalue weighted by atomic mass is 10.0. The summed E-state index contributed by atoms with van der Waals surface area (Å²) in [4.78, 5) is 39.7. The zero-order valence-electron chi connectivity index (χ0n) is 21.6. The van der Waals surface area contributed by atoms with Gasteiger partial charge < -0.3 is 25.4 Å². The van der Waals surface area contributed by atoms with E-state index in [2.05, 4.69) is 26.3 Å². The van der Waals surface area contributed by atoms with Gasteiger partial charge in [0.05, 0.1) is 26.4 Å². The van der Waals surface area contributed by atoms with E-state index in [1.165, 1.54) is 7.11 Å². The molecule has 0 aliphatic carbocycles. The second-order valence-corrected chi connectivity index (χ2v) is 9.35. The van der Waals surface area contributed by atoms with E-state index in [4.69, 9.17) is 9.47 Å². The number of fused-ring (bicyclic) bond motifs is 12. The molecule has 2 aliphatic heterocycles. The molecule has 11 heteroatoms. The minimum absolute atomic E-state index is 0.139. The van der Waals surface area contributed by atoms with Crippen molar-refractivity contribution in [2.24, 2.45) is 5.92 Å². The third-order valence-corrected chi connectivity index (χ3v) is 6.18. The summed E-state index contributed by atoms with van der Waals surface area (Å²) >= 11 is 0. The van der Waals surface area contributed by atoms with E-state index in [9.17, 15) is 14.4 Å². The predicted molar refractivity (Wildman–Crippen MR) is 139 cm³/mol. The Labute approximate surface area is 220 Å². The molecular formula is C27H32N6O5. The molecule has 2 aromatic carbocycles. The Morgan fingerprint density at radius 2 is 1.87 bits per heavy atom. The molecule has 11 nitrogen and oxygen atoms in total. The summed E-state index contributed by atoms with van der Waals surface area (Å²) in [6.07, 6.45) is 2.00.